The third-order valence-electron chi connectivity index (χ3n) is 8.63. The molecule has 3 aliphatic carbocycles. The van der Waals surface area contributed by atoms with Crippen LogP contribution >= 0.6 is 11.6 Å². The Bertz CT molecular complexity index is 977. The number of allylic oxidation sites excluding steroid dienone is 2. The van der Waals surface area contributed by atoms with E-state index in [9.17, 15) is 9.59 Å². The third kappa shape index (κ3) is 1.68. The molecule has 1 saturated carbocycles. The Hall–Kier alpha value is -1.61. The van der Waals surface area contributed by atoms with Gasteiger partial charge in [-0.15, -0.1) is 0 Å². The lowest BCUT2D eigenvalue weighted by atomic mass is 9.44. The van der Waals surface area contributed by atoms with Crippen LogP contribution in [-0.2, 0) is 16.0 Å². The smallest absolute Gasteiger partial charge is 0.230 e. The van der Waals surface area contributed by atoms with Gasteiger partial charge in [0, 0.05) is 18.0 Å². The Morgan fingerprint density at radius 1 is 1.19 bits per heavy atom. The van der Waals surface area contributed by atoms with Crippen molar-refractivity contribution >= 4 is 28.9 Å². The molecule has 1 aromatic rings. The average molecular weight is 382 g/mol. The van der Waals surface area contributed by atoms with Gasteiger partial charge in [-0.25, -0.2) is 0 Å². The molecular formula is C23H24ClNO2. The summed E-state index contributed by atoms with van der Waals surface area (Å²) in [5.74, 6) is 0.844. The summed E-state index contributed by atoms with van der Waals surface area (Å²) in [5.41, 5.74) is 4.22. The SMILES string of the molecule is CC1(C)C2=C(C[C@@]34CC(=O)[C@]5(CCCN5C3=O)CC14)c1ccc(Cl)cc1C2. The van der Waals surface area contributed by atoms with Gasteiger partial charge in [-0.05, 0) is 72.3 Å². The van der Waals surface area contributed by atoms with E-state index in [1.54, 1.807) is 0 Å². The van der Waals surface area contributed by atoms with E-state index in [2.05, 4.69) is 26.0 Å². The van der Waals surface area contributed by atoms with Gasteiger partial charge in [-0.1, -0.05) is 37.1 Å². The maximum atomic E-state index is 13.7. The van der Waals surface area contributed by atoms with E-state index in [1.807, 2.05) is 11.0 Å². The number of hydrogen-bond acceptors (Lipinski definition) is 2. The van der Waals surface area contributed by atoms with Crippen LogP contribution in [0.5, 0.6) is 0 Å². The van der Waals surface area contributed by atoms with Gasteiger partial charge >= 0.3 is 0 Å². The number of ketones is 1. The molecule has 3 nitrogen and oxygen atoms in total. The molecule has 0 aromatic heterocycles. The molecule has 7 rings (SSSR count). The summed E-state index contributed by atoms with van der Waals surface area (Å²) < 4.78 is 0. The zero-order valence-electron chi connectivity index (χ0n) is 15.9. The summed E-state index contributed by atoms with van der Waals surface area (Å²) in [6.45, 7) is 5.39. The molecule has 4 heteroatoms. The minimum Gasteiger partial charge on any atom is -0.329 e. The van der Waals surface area contributed by atoms with Crippen molar-refractivity contribution in [3.63, 3.8) is 0 Å². The highest BCUT2D eigenvalue weighted by atomic mass is 35.5. The van der Waals surface area contributed by atoms with Crippen molar-refractivity contribution in [1.82, 2.24) is 4.90 Å². The Morgan fingerprint density at radius 3 is 2.81 bits per heavy atom. The monoisotopic (exact) mass is 381 g/mol. The summed E-state index contributed by atoms with van der Waals surface area (Å²) in [5, 5.41) is 0.772. The van der Waals surface area contributed by atoms with Gasteiger partial charge in [-0.3, -0.25) is 9.59 Å². The minimum atomic E-state index is -0.535. The highest BCUT2D eigenvalue weighted by molar-refractivity contribution is 6.30. The van der Waals surface area contributed by atoms with Crippen molar-refractivity contribution in [2.45, 2.75) is 57.9 Å². The third-order valence-corrected chi connectivity index (χ3v) is 8.86. The molecule has 3 saturated heterocycles. The zero-order chi connectivity index (χ0) is 18.8. The molecule has 0 N–H and O–H groups in total. The molecule has 1 amide bonds. The summed E-state index contributed by atoms with van der Waals surface area (Å²) >= 11 is 6.26. The summed E-state index contributed by atoms with van der Waals surface area (Å²) in [6.07, 6.45) is 4.79. The van der Waals surface area contributed by atoms with Crippen LogP contribution < -0.4 is 0 Å². The molecule has 2 bridgehead atoms. The Morgan fingerprint density at radius 2 is 2.00 bits per heavy atom. The van der Waals surface area contributed by atoms with E-state index >= 15 is 0 Å². The van der Waals surface area contributed by atoms with Crippen LogP contribution in [0.2, 0.25) is 5.02 Å². The van der Waals surface area contributed by atoms with Gasteiger partial charge in [-0.2, -0.15) is 0 Å². The second kappa shape index (κ2) is 4.68. The molecule has 1 aromatic carbocycles. The normalized spacial score (nSPS) is 38.0. The molecule has 4 fully saturated rings. The Kier molecular flexibility index (Phi) is 2.84. The number of hydrogen-bond donors (Lipinski definition) is 0. The van der Waals surface area contributed by atoms with Crippen LogP contribution in [0.25, 0.3) is 5.57 Å². The first-order chi connectivity index (χ1) is 12.8. The Labute approximate surface area is 164 Å². The molecule has 1 unspecified atom stereocenters. The summed E-state index contributed by atoms with van der Waals surface area (Å²) in [4.78, 5) is 28.9. The van der Waals surface area contributed by atoms with Crippen LogP contribution in [0.4, 0.5) is 0 Å². The highest BCUT2D eigenvalue weighted by Crippen LogP contribution is 2.69. The molecule has 0 radical (unpaired) electrons. The number of piperidine rings is 2. The fraction of sp³-hybridized carbons (Fsp3) is 0.565. The van der Waals surface area contributed by atoms with Crippen LogP contribution in [-0.4, -0.2) is 28.7 Å². The van der Waals surface area contributed by atoms with Crippen LogP contribution in [0, 0.1) is 16.7 Å². The van der Waals surface area contributed by atoms with Gasteiger partial charge in [0.1, 0.15) is 5.54 Å². The lowest BCUT2D eigenvalue weighted by Gasteiger charge is -2.64. The second-order valence-corrected chi connectivity index (χ2v) is 10.4. The summed E-state index contributed by atoms with van der Waals surface area (Å²) in [7, 11) is 0. The molecule has 3 aliphatic heterocycles. The van der Waals surface area contributed by atoms with Crippen LogP contribution in [0.15, 0.2) is 23.8 Å². The van der Waals surface area contributed by atoms with E-state index in [1.165, 1.54) is 22.3 Å². The molecule has 27 heavy (non-hydrogen) atoms. The lowest BCUT2D eigenvalue weighted by Crippen LogP contribution is -2.73. The maximum Gasteiger partial charge on any atom is 0.230 e. The Balaban J connectivity index is 1.56. The van der Waals surface area contributed by atoms with E-state index in [4.69, 9.17) is 11.6 Å². The van der Waals surface area contributed by atoms with E-state index < -0.39 is 11.0 Å². The predicted octanol–water partition coefficient (Wildman–Crippen LogP) is 4.42. The first kappa shape index (κ1) is 16.4. The number of nitrogens with zero attached hydrogens (tertiary/aromatic N) is 1. The number of carbonyl (C=O) groups is 2. The number of fused-ring (bicyclic) bond motifs is 3. The first-order valence-electron chi connectivity index (χ1n) is 10.2. The largest absolute Gasteiger partial charge is 0.329 e. The van der Waals surface area contributed by atoms with Crippen LogP contribution in [0.3, 0.4) is 0 Å². The van der Waals surface area contributed by atoms with Gasteiger partial charge in [0.25, 0.3) is 0 Å². The summed E-state index contributed by atoms with van der Waals surface area (Å²) in [6, 6.07) is 6.15. The van der Waals surface area contributed by atoms with Gasteiger partial charge < -0.3 is 4.90 Å². The molecule has 6 aliphatic rings. The van der Waals surface area contributed by atoms with Crippen molar-refractivity contribution < 1.29 is 9.59 Å². The predicted molar refractivity (Wildman–Crippen MR) is 104 cm³/mol. The lowest BCUT2D eigenvalue weighted by molar-refractivity contribution is -0.186. The van der Waals surface area contributed by atoms with Crippen molar-refractivity contribution in [3.8, 4) is 0 Å². The topological polar surface area (TPSA) is 37.4 Å². The van der Waals surface area contributed by atoms with Gasteiger partial charge in [0.05, 0.1) is 5.41 Å². The van der Waals surface area contributed by atoms with Crippen LogP contribution in [0.1, 0.15) is 57.1 Å². The van der Waals surface area contributed by atoms with Gasteiger partial charge in [0.15, 0.2) is 5.78 Å². The number of benzene rings is 1. The molecular weight excluding hydrogens is 358 g/mol. The van der Waals surface area contributed by atoms with Crippen molar-refractivity contribution in [2.75, 3.05) is 6.54 Å². The minimum absolute atomic E-state index is 0.0723. The van der Waals surface area contributed by atoms with Crippen molar-refractivity contribution in [2.24, 2.45) is 16.7 Å². The number of amides is 1. The average Bonchev–Trinajstić information content (AvgIpc) is 3.19. The number of Topliss-reactive ketones (excluding diaryl/α,β-unsaturated/α-hetero) is 1. The fourth-order valence-electron chi connectivity index (χ4n) is 7.41. The van der Waals surface area contributed by atoms with Crippen molar-refractivity contribution in [3.05, 3.63) is 39.9 Å². The molecule has 3 heterocycles. The first-order valence-corrected chi connectivity index (χ1v) is 10.5. The van der Waals surface area contributed by atoms with E-state index in [0.29, 0.717) is 12.2 Å². The molecule has 140 valence electrons. The fourth-order valence-corrected chi connectivity index (χ4v) is 7.60. The molecule has 2 spiro atoms. The molecule has 3 atom stereocenters. The van der Waals surface area contributed by atoms with Crippen molar-refractivity contribution in [1.29, 1.82) is 0 Å². The number of rotatable bonds is 0. The maximum absolute atomic E-state index is 13.7. The highest BCUT2D eigenvalue weighted by Gasteiger charge is 2.72. The standard InChI is InChI=1S/C23H24ClNO2/c1-21(2)17-9-13-8-14(24)4-5-15(13)16(17)10-22-12-19(26)23(11-18(21)22)6-3-7-25(23)20(22)27/h4-5,8,18H,3,6-7,9-12H2,1-2H3/t18?,22-,23-/m0/s1. The van der Waals surface area contributed by atoms with E-state index in [-0.39, 0.29) is 17.2 Å². The number of carbonyl (C=O) groups excluding carboxylic acids is 2. The van der Waals surface area contributed by atoms with E-state index in [0.717, 1.165) is 43.7 Å². The quantitative estimate of drug-likeness (QED) is 0.667. The van der Waals surface area contributed by atoms with Gasteiger partial charge in [0.2, 0.25) is 5.91 Å². The second-order valence-electron chi connectivity index (χ2n) is 9.94. The zero-order valence-corrected chi connectivity index (χ0v) is 16.7. The number of halogens is 1.